The molecule has 0 bridgehead atoms. The highest BCUT2D eigenvalue weighted by atomic mass is 79.9. The molecule has 1 rings (SSSR count). The van der Waals surface area contributed by atoms with E-state index in [1.54, 1.807) is 0 Å². The van der Waals surface area contributed by atoms with E-state index in [1.165, 1.54) is 19.3 Å². The summed E-state index contributed by atoms with van der Waals surface area (Å²) in [7, 11) is 0. The van der Waals surface area contributed by atoms with E-state index in [9.17, 15) is 4.79 Å². The van der Waals surface area contributed by atoms with Crippen LogP contribution in [0.15, 0.2) is 0 Å². The van der Waals surface area contributed by atoms with E-state index < -0.39 is 0 Å². The molecule has 1 aliphatic rings. The zero-order valence-corrected chi connectivity index (χ0v) is 13.2. The molecule has 0 N–H and O–H groups in total. The lowest BCUT2D eigenvalue weighted by Gasteiger charge is -2.36. The molecule has 106 valence electrons. The first-order valence-electron chi connectivity index (χ1n) is 7.19. The molecule has 0 aromatic carbocycles. The fourth-order valence-electron chi connectivity index (χ4n) is 2.67. The summed E-state index contributed by atoms with van der Waals surface area (Å²) in [5.41, 5.74) is 0. The third kappa shape index (κ3) is 4.88. The van der Waals surface area contributed by atoms with Gasteiger partial charge in [-0.2, -0.15) is 0 Å². The summed E-state index contributed by atoms with van der Waals surface area (Å²) in [5.74, 6) is 0.618. The molecule has 0 spiro atoms. The van der Waals surface area contributed by atoms with Gasteiger partial charge in [-0.05, 0) is 38.6 Å². The molecule has 0 aliphatic carbocycles. The van der Waals surface area contributed by atoms with Gasteiger partial charge in [0.2, 0.25) is 0 Å². The van der Waals surface area contributed by atoms with E-state index in [1.807, 2.05) is 6.92 Å². The number of nitrogens with zero attached hydrogens (tertiary/aromatic N) is 1. The summed E-state index contributed by atoms with van der Waals surface area (Å²) >= 11 is 3.59. The summed E-state index contributed by atoms with van der Waals surface area (Å²) in [6, 6.07) is -0.00268. The Kier molecular flexibility index (Phi) is 7.91. The Balaban J connectivity index is 2.55. The quantitative estimate of drug-likeness (QED) is 0.533. The van der Waals surface area contributed by atoms with Crippen LogP contribution >= 0.6 is 15.9 Å². The highest BCUT2D eigenvalue weighted by Crippen LogP contribution is 2.21. The van der Waals surface area contributed by atoms with E-state index in [4.69, 9.17) is 4.74 Å². The van der Waals surface area contributed by atoms with Crippen LogP contribution in [-0.4, -0.2) is 41.9 Å². The summed E-state index contributed by atoms with van der Waals surface area (Å²) in [5, 5.41) is 1.02. The van der Waals surface area contributed by atoms with Crippen LogP contribution in [0.25, 0.3) is 0 Å². The van der Waals surface area contributed by atoms with Gasteiger partial charge in [0.15, 0.2) is 0 Å². The Bertz CT molecular complexity index is 248. The lowest BCUT2D eigenvalue weighted by atomic mass is 9.98. The number of halogens is 1. The van der Waals surface area contributed by atoms with Gasteiger partial charge in [-0.3, -0.25) is 9.69 Å². The Morgan fingerprint density at radius 1 is 1.44 bits per heavy atom. The van der Waals surface area contributed by atoms with Gasteiger partial charge in [-0.25, -0.2) is 0 Å². The van der Waals surface area contributed by atoms with Gasteiger partial charge in [-0.15, -0.1) is 0 Å². The van der Waals surface area contributed by atoms with Gasteiger partial charge < -0.3 is 4.74 Å². The fraction of sp³-hybridized carbons (Fsp3) is 0.929. The summed E-state index contributed by atoms with van der Waals surface area (Å²) in [4.78, 5) is 14.3. The normalized spacial score (nSPS) is 22.7. The maximum Gasteiger partial charge on any atom is 0.323 e. The minimum Gasteiger partial charge on any atom is -0.465 e. The Hall–Kier alpha value is -0.0900. The number of ether oxygens (including phenoxy) is 1. The SMILES string of the molecule is CCCC(CBr)CN1CCCCC1C(=O)OCC. The lowest BCUT2D eigenvalue weighted by molar-refractivity contribution is -0.151. The first-order chi connectivity index (χ1) is 8.72. The molecule has 2 atom stereocenters. The number of rotatable bonds is 7. The van der Waals surface area contributed by atoms with Crippen LogP contribution in [0, 0.1) is 5.92 Å². The third-order valence-electron chi connectivity index (χ3n) is 3.58. The predicted molar refractivity (Wildman–Crippen MR) is 78.0 cm³/mol. The summed E-state index contributed by atoms with van der Waals surface area (Å²) in [6.07, 6.45) is 5.73. The molecule has 0 aromatic rings. The first kappa shape index (κ1) is 16.0. The number of carbonyl (C=O) groups is 1. The highest BCUT2D eigenvalue weighted by Gasteiger charge is 2.30. The van der Waals surface area contributed by atoms with E-state index >= 15 is 0 Å². The third-order valence-corrected chi connectivity index (χ3v) is 4.50. The van der Waals surface area contributed by atoms with Crippen LogP contribution in [0.2, 0.25) is 0 Å². The van der Waals surface area contributed by atoms with Crippen LogP contribution in [-0.2, 0) is 9.53 Å². The second kappa shape index (κ2) is 8.92. The maximum absolute atomic E-state index is 12.0. The maximum atomic E-state index is 12.0. The van der Waals surface area contributed by atoms with Crippen molar-refractivity contribution < 1.29 is 9.53 Å². The van der Waals surface area contributed by atoms with Gasteiger partial charge in [0.25, 0.3) is 0 Å². The Morgan fingerprint density at radius 3 is 2.83 bits per heavy atom. The smallest absolute Gasteiger partial charge is 0.323 e. The molecule has 1 saturated heterocycles. The number of alkyl halides is 1. The Labute approximate surface area is 119 Å². The predicted octanol–water partition coefficient (Wildman–Crippen LogP) is 3.22. The minimum atomic E-state index is -0.0259. The molecule has 0 aromatic heterocycles. The molecule has 1 fully saturated rings. The van der Waals surface area contributed by atoms with Crippen LogP contribution < -0.4 is 0 Å². The zero-order valence-electron chi connectivity index (χ0n) is 11.7. The molecule has 2 unspecified atom stereocenters. The van der Waals surface area contributed by atoms with Crippen molar-refractivity contribution in [3.63, 3.8) is 0 Å². The van der Waals surface area contributed by atoms with E-state index in [0.717, 1.165) is 31.3 Å². The molecule has 18 heavy (non-hydrogen) atoms. The van der Waals surface area contributed by atoms with Gasteiger partial charge in [0.05, 0.1) is 6.61 Å². The van der Waals surface area contributed by atoms with Gasteiger partial charge in [0.1, 0.15) is 6.04 Å². The molecule has 1 heterocycles. The second-order valence-corrected chi connectivity index (χ2v) is 5.72. The Morgan fingerprint density at radius 2 is 2.22 bits per heavy atom. The standard InChI is InChI=1S/C14H26BrNO2/c1-3-7-12(10-15)11-16-9-6-5-8-13(16)14(17)18-4-2/h12-13H,3-11H2,1-2H3. The van der Waals surface area contributed by atoms with Crippen LogP contribution in [0.1, 0.15) is 46.0 Å². The summed E-state index contributed by atoms with van der Waals surface area (Å²) in [6.45, 7) is 6.64. The van der Waals surface area contributed by atoms with Crippen molar-refractivity contribution in [3.05, 3.63) is 0 Å². The van der Waals surface area contributed by atoms with Gasteiger partial charge >= 0.3 is 5.97 Å². The van der Waals surface area contributed by atoms with Crippen molar-refractivity contribution in [3.8, 4) is 0 Å². The molecule has 4 heteroatoms. The molecular weight excluding hydrogens is 294 g/mol. The molecular formula is C14H26BrNO2. The number of piperidine rings is 1. The monoisotopic (exact) mass is 319 g/mol. The molecule has 0 radical (unpaired) electrons. The van der Waals surface area contributed by atoms with E-state index in [0.29, 0.717) is 12.5 Å². The fourth-order valence-corrected chi connectivity index (χ4v) is 3.20. The van der Waals surface area contributed by atoms with Crippen LogP contribution in [0.3, 0.4) is 0 Å². The largest absolute Gasteiger partial charge is 0.465 e. The van der Waals surface area contributed by atoms with Gasteiger partial charge in [0, 0.05) is 11.9 Å². The number of hydrogen-bond acceptors (Lipinski definition) is 3. The molecule has 0 amide bonds. The number of esters is 1. The van der Waals surface area contributed by atoms with E-state index in [2.05, 4.69) is 27.8 Å². The van der Waals surface area contributed by atoms with Crippen molar-refractivity contribution in [1.82, 2.24) is 4.90 Å². The second-order valence-electron chi connectivity index (χ2n) is 5.07. The molecule has 3 nitrogen and oxygen atoms in total. The lowest BCUT2D eigenvalue weighted by Crippen LogP contribution is -2.47. The first-order valence-corrected chi connectivity index (χ1v) is 8.31. The van der Waals surface area contributed by atoms with Crippen LogP contribution in [0.5, 0.6) is 0 Å². The number of hydrogen-bond donors (Lipinski definition) is 0. The van der Waals surface area contributed by atoms with Crippen molar-refractivity contribution in [2.75, 3.05) is 25.0 Å². The van der Waals surface area contributed by atoms with Crippen molar-refractivity contribution >= 4 is 21.9 Å². The van der Waals surface area contributed by atoms with Crippen molar-refractivity contribution in [2.24, 2.45) is 5.92 Å². The molecule has 1 aliphatic heterocycles. The number of likely N-dealkylation sites (tertiary alicyclic amines) is 1. The van der Waals surface area contributed by atoms with Gasteiger partial charge in [-0.1, -0.05) is 35.7 Å². The molecule has 0 saturated carbocycles. The van der Waals surface area contributed by atoms with Crippen molar-refractivity contribution in [1.29, 1.82) is 0 Å². The zero-order chi connectivity index (χ0) is 13.4. The number of carbonyl (C=O) groups excluding carboxylic acids is 1. The average Bonchev–Trinajstić information content (AvgIpc) is 2.39. The minimum absolute atomic E-state index is 0.00268. The van der Waals surface area contributed by atoms with Crippen LogP contribution in [0.4, 0.5) is 0 Å². The van der Waals surface area contributed by atoms with E-state index in [-0.39, 0.29) is 12.0 Å². The highest BCUT2D eigenvalue weighted by molar-refractivity contribution is 9.09. The average molecular weight is 320 g/mol. The van der Waals surface area contributed by atoms with Crippen molar-refractivity contribution in [2.45, 2.75) is 52.0 Å². The topological polar surface area (TPSA) is 29.5 Å². The summed E-state index contributed by atoms with van der Waals surface area (Å²) < 4.78 is 5.19.